The van der Waals surface area contributed by atoms with Crippen LogP contribution in [0.1, 0.15) is 33.6 Å². The molecule has 10 heavy (non-hydrogen) atoms. The van der Waals surface area contributed by atoms with E-state index in [1.165, 1.54) is 11.1 Å². The van der Waals surface area contributed by atoms with Crippen LogP contribution in [0.5, 0.6) is 0 Å². The van der Waals surface area contributed by atoms with E-state index < -0.39 is 0 Å². The van der Waals surface area contributed by atoms with Crippen LogP contribution in [0.25, 0.3) is 0 Å². The van der Waals surface area contributed by atoms with E-state index in [1.807, 2.05) is 0 Å². The summed E-state index contributed by atoms with van der Waals surface area (Å²) in [4.78, 5) is 0. The van der Waals surface area contributed by atoms with Crippen molar-refractivity contribution in [2.45, 2.75) is 33.6 Å². The third-order valence-corrected chi connectivity index (χ3v) is 2.09. The van der Waals surface area contributed by atoms with Crippen molar-refractivity contribution >= 4 is 0 Å². The summed E-state index contributed by atoms with van der Waals surface area (Å²) in [6.45, 7) is 14.4. The Balaban J connectivity index is 3.95. The second-order valence-corrected chi connectivity index (χ2v) is 2.79. The standard InChI is InChI=1S/C10H18/c1-6-8(3)10(5)9(4)7-2/h9H,3,5-7H2,1-2,4H3. The molecule has 0 aromatic heterocycles. The van der Waals surface area contributed by atoms with Crippen LogP contribution >= 0.6 is 0 Å². The maximum Gasteiger partial charge on any atom is -0.0196 e. The molecule has 0 saturated carbocycles. The minimum absolute atomic E-state index is 0.604. The molecule has 0 amide bonds. The minimum atomic E-state index is 0.604. The van der Waals surface area contributed by atoms with Gasteiger partial charge >= 0.3 is 0 Å². The molecule has 0 spiro atoms. The van der Waals surface area contributed by atoms with Gasteiger partial charge in [-0.05, 0) is 24.3 Å². The Morgan fingerprint density at radius 3 is 2.10 bits per heavy atom. The Labute approximate surface area is 64.6 Å². The molecule has 0 aliphatic rings. The Hall–Kier alpha value is -0.520. The van der Waals surface area contributed by atoms with Gasteiger partial charge in [-0.15, -0.1) is 0 Å². The van der Waals surface area contributed by atoms with Crippen LogP contribution in [-0.4, -0.2) is 0 Å². The number of allylic oxidation sites excluding steroid dienone is 2. The van der Waals surface area contributed by atoms with Crippen LogP contribution < -0.4 is 0 Å². The highest BCUT2D eigenvalue weighted by Gasteiger charge is 2.04. The van der Waals surface area contributed by atoms with E-state index in [1.54, 1.807) is 0 Å². The molecular formula is C10H18. The summed E-state index contributed by atoms with van der Waals surface area (Å²) in [6, 6.07) is 0. The van der Waals surface area contributed by atoms with Crippen molar-refractivity contribution in [2.24, 2.45) is 5.92 Å². The van der Waals surface area contributed by atoms with Crippen LogP contribution in [0.2, 0.25) is 0 Å². The van der Waals surface area contributed by atoms with Crippen molar-refractivity contribution in [1.82, 2.24) is 0 Å². The lowest BCUT2D eigenvalue weighted by molar-refractivity contribution is 0.660. The summed E-state index contributed by atoms with van der Waals surface area (Å²) < 4.78 is 0. The molecule has 0 aliphatic heterocycles. The van der Waals surface area contributed by atoms with Gasteiger partial charge in [0.1, 0.15) is 0 Å². The molecule has 0 radical (unpaired) electrons. The van der Waals surface area contributed by atoms with Crippen LogP contribution in [-0.2, 0) is 0 Å². The predicted molar refractivity (Wildman–Crippen MR) is 48.0 cm³/mol. The molecular weight excluding hydrogens is 120 g/mol. The topological polar surface area (TPSA) is 0 Å². The molecule has 0 aromatic carbocycles. The van der Waals surface area contributed by atoms with Gasteiger partial charge in [-0.2, -0.15) is 0 Å². The Morgan fingerprint density at radius 2 is 1.80 bits per heavy atom. The zero-order valence-electron chi connectivity index (χ0n) is 7.41. The predicted octanol–water partition coefficient (Wildman–Crippen LogP) is 3.55. The first-order valence-electron chi connectivity index (χ1n) is 4.00. The van der Waals surface area contributed by atoms with E-state index in [2.05, 4.69) is 33.9 Å². The smallest absolute Gasteiger partial charge is 0.0196 e. The fourth-order valence-corrected chi connectivity index (χ4v) is 0.822. The molecule has 0 nitrogen and oxygen atoms in total. The second kappa shape index (κ2) is 4.32. The summed E-state index contributed by atoms with van der Waals surface area (Å²) in [5, 5.41) is 0. The molecule has 0 bridgehead atoms. The summed E-state index contributed by atoms with van der Waals surface area (Å²) in [6.07, 6.45) is 2.20. The highest BCUT2D eigenvalue weighted by molar-refractivity contribution is 5.26. The first-order chi connectivity index (χ1) is 4.63. The summed E-state index contributed by atoms with van der Waals surface area (Å²) >= 11 is 0. The number of hydrogen-bond acceptors (Lipinski definition) is 0. The molecule has 1 atom stereocenters. The molecule has 0 heteroatoms. The highest BCUT2D eigenvalue weighted by atomic mass is 14.1. The molecule has 0 aliphatic carbocycles. The molecule has 0 rings (SSSR count). The zero-order chi connectivity index (χ0) is 8.15. The Bertz CT molecular complexity index is 131. The van der Waals surface area contributed by atoms with Crippen molar-refractivity contribution in [2.75, 3.05) is 0 Å². The summed E-state index contributed by atoms with van der Waals surface area (Å²) in [7, 11) is 0. The van der Waals surface area contributed by atoms with Crippen molar-refractivity contribution < 1.29 is 0 Å². The van der Waals surface area contributed by atoms with Crippen LogP contribution in [0.3, 0.4) is 0 Å². The van der Waals surface area contributed by atoms with Crippen LogP contribution in [0, 0.1) is 5.92 Å². The molecule has 0 heterocycles. The van der Waals surface area contributed by atoms with Gasteiger partial charge in [0.15, 0.2) is 0 Å². The maximum atomic E-state index is 4.00. The van der Waals surface area contributed by atoms with Gasteiger partial charge in [0, 0.05) is 0 Å². The lowest BCUT2D eigenvalue weighted by atomic mass is 9.93. The molecule has 0 aromatic rings. The first-order valence-corrected chi connectivity index (χ1v) is 4.00. The van der Waals surface area contributed by atoms with E-state index >= 15 is 0 Å². The summed E-state index contributed by atoms with van der Waals surface area (Å²) in [5.41, 5.74) is 2.43. The third kappa shape index (κ3) is 2.38. The fourth-order valence-electron chi connectivity index (χ4n) is 0.822. The van der Waals surface area contributed by atoms with Gasteiger partial charge in [-0.25, -0.2) is 0 Å². The normalized spacial score (nSPS) is 12.7. The third-order valence-electron chi connectivity index (χ3n) is 2.09. The molecule has 0 N–H and O–H groups in total. The van der Waals surface area contributed by atoms with Crippen molar-refractivity contribution in [1.29, 1.82) is 0 Å². The largest absolute Gasteiger partial charge is 0.0956 e. The minimum Gasteiger partial charge on any atom is -0.0956 e. The second-order valence-electron chi connectivity index (χ2n) is 2.79. The van der Waals surface area contributed by atoms with Gasteiger partial charge in [0.2, 0.25) is 0 Å². The molecule has 1 unspecified atom stereocenters. The average molecular weight is 138 g/mol. The van der Waals surface area contributed by atoms with Crippen molar-refractivity contribution in [3.63, 3.8) is 0 Å². The van der Waals surface area contributed by atoms with Gasteiger partial charge in [-0.3, -0.25) is 0 Å². The van der Waals surface area contributed by atoms with Crippen molar-refractivity contribution in [3.8, 4) is 0 Å². The number of rotatable bonds is 4. The Kier molecular flexibility index (Phi) is 4.10. The highest BCUT2D eigenvalue weighted by Crippen LogP contribution is 2.20. The first kappa shape index (κ1) is 9.48. The van der Waals surface area contributed by atoms with E-state index in [0.29, 0.717) is 5.92 Å². The molecule has 0 fully saturated rings. The zero-order valence-corrected chi connectivity index (χ0v) is 7.41. The molecule has 0 saturated heterocycles. The van der Waals surface area contributed by atoms with Gasteiger partial charge in [0.05, 0.1) is 0 Å². The maximum absolute atomic E-state index is 4.00. The SMILES string of the molecule is C=C(CC)C(=C)C(C)CC. The summed E-state index contributed by atoms with van der Waals surface area (Å²) in [5.74, 6) is 0.604. The van der Waals surface area contributed by atoms with E-state index in [-0.39, 0.29) is 0 Å². The monoisotopic (exact) mass is 138 g/mol. The van der Waals surface area contributed by atoms with Crippen LogP contribution in [0.4, 0.5) is 0 Å². The molecule has 58 valence electrons. The number of hydrogen-bond donors (Lipinski definition) is 0. The van der Waals surface area contributed by atoms with E-state index in [0.717, 1.165) is 12.8 Å². The fraction of sp³-hybridized carbons (Fsp3) is 0.600. The van der Waals surface area contributed by atoms with Gasteiger partial charge < -0.3 is 0 Å². The van der Waals surface area contributed by atoms with Gasteiger partial charge in [-0.1, -0.05) is 39.5 Å². The van der Waals surface area contributed by atoms with E-state index in [9.17, 15) is 0 Å². The lowest BCUT2D eigenvalue weighted by Gasteiger charge is -2.13. The average Bonchev–Trinajstić information content (AvgIpc) is 2.00. The van der Waals surface area contributed by atoms with Crippen LogP contribution in [0.15, 0.2) is 24.3 Å². The van der Waals surface area contributed by atoms with Crippen molar-refractivity contribution in [3.05, 3.63) is 24.3 Å². The van der Waals surface area contributed by atoms with E-state index in [4.69, 9.17) is 0 Å². The van der Waals surface area contributed by atoms with Gasteiger partial charge in [0.25, 0.3) is 0 Å². The Morgan fingerprint density at radius 1 is 1.30 bits per heavy atom. The lowest BCUT2D eigenvalue weighted by Crippen LogP contribution is -1.97. The quantitative estimate of drug-likeness (QED) is 0.521.